The van der Waals surface area contributed by atoms with Crippen LogP contribution in [0.3, 0.4) is 0 Å². The van der Waals surface area contributed by atoms with Crippen molar-refractivity contribution in [2.24, 2.45) is 4.99 Å². The van der Waals surface area contributed by atoms with Gasteiger partial charge in [0.15, 0.2) is 27.8 Å². The highest BCUT2D eigenvalue weighted by atomic mass is 127. The molecule has 258 valence electrons. The maximum atomic E-state index is 14.3. The molecule has 9 nitrogen and oxygen atoms in total. The number of hydrogen-bond acceptors (Lipinski definition) is 9. The number of hydrogen-bond donors (Lipinski definition) is 0. The van der Waals surface area contributed by atoms with Crippen LogP contribution >= 0.6 is 33.9 Å². The summed E-state index contributed by atoms with van der Waals surface area (Å²) in [4.78, 5) is 32.8. The smallest absolute Gasteiger partial charge is 0.338 e. The Bertz CT molecular complexity index is 2300. The second-order valence-corrected chi connectivity index (χ2v) is 14.0. The van der Waals surface area contributed by atoms with Gasteiger partial charge in [0.25, 0.3) is 5.56 Å². The van der Waals surface area contributed by atoms with E-state index < -0.39 is 12.0 Å². The zero-order valence-corrected chi connectivity index (χ0v) is 31.6. The molecule has 50 heavy (non-hydrogen) atoms. The zero-order chi connectivity index (χ0) is 35.5. The molecule has 1 aliphatic rings. The van der Waals surface area contributed by atoms with Crippen molar-refractivity contribution in [3.8, 4) is 23.0 Å². The lowest BCUT2D eigenvalue weighted by Gasteiger charge is -2.25. The molecule has 4 aromatic carbocycles. The molecule has 0 fully saturated rings. The van der Waals surface area contributed by atoms with Crippen LogP contribution in [0.4, 0.5) is 0 Å². The SMILES string of the molecule is CCOC(=O)C1=C(C)N=c2s/c(=C\c3cc(I)c(OCc4cccc5ccccc45)c(OC)c3)c(=O)n2[C@H]1c1ccc(OC(C)C)c(OC)c1. The lowest BCUT2D eigenvalue weighted by Crippen LogP contribution is -2.40. The quantitative estimate of drug-likeness (QED) is 0.106. The predicted octanol–water partition coefficient (Wildman–Crippen LogP) is 6.94. The molecule has 0 saturated carbocycles. The highest BCUT2D eigenvalue weighted by molar-refractivity contribution is 14.1. The van der Waals surface area contributed by atoms with Crippen molar-refractivity contribution in [1.29, 1.82) is 0 Å². The van der Waals surface area contributed by atoms with Crippen LogP contribution in [0.1, 0.15) is 50.4 Å². The summed E-state index contributed by atoms with van der Waals surface area (Å²) in [7, 11) is 3.15. The fourth-order valence-corrected chi connectivity index (χ4v) is 7.82. The van der Waals surface area contributed by atoms with Crippen LogP contribution in [0.2, 0.25) is 0 Å². The first-order valence-electron chi connectivity index (χ1n) is 16.1. The highest BCUT2D eigenvalue weighted by Crippen LogP contribution is 2.37. The van der Waals surface area contributed by atoms with Crippen molar-refractivity contribution in [2.75, 3.05) is 20.8 Å². The van der Waals surface area contributed by atoms with Gasteiger partial charge in [0.1, 0.15) is 6.61 Å². The summed E-state index contributed by atoms with van der Waals surface area (Å²) in [5.74, 6) is 1.68. The molecule has 2 heterocycles. The van der Waals surface area contributed by atoms with E-state index in [0.717, 1.165) is 25.5 Å². The van der Waals surface area contributed by atoms with Gasteiger partial charge in [-0.3, -0.25) is 9.36 Å². The van der Waals surface area contributed by atoms with Gasteiger partial charge in [-0.2, -0.15) is 0 Å². The Labute approximate surface area is 307 Å². The van der Waals surface area contributed by atoms with Gasteiger partial charge < -0.3 is 23.7 Å². The predicted molar refractivity (Wildman–Crippen MR) is 203 cm³/mol. The molecule has 0 bridgehead atoms. The van der Waals surface area contributed by atoms with Crippen LogP contribution in [0.25, 0.3) is 16.8 Å². The van der Waals surface area contributed by atoms with E-state index in [9.17, 15) is 9.59 Å². The molecule has 0 N–H and O–H groups in total. The first kappa shape index (κ1) is 35.2. The zero-order valence-electron chi connectivity index (χ0n) is 28.6. The standard InChI is InChI=1S/C39H37IN2O7S/c1-7-47-38(44)34-23(4)41-39-42(35(34)26-15-16-30(49-22(2)3)31(20-26)45-5)37(43)33(50-39)19-24-17-29(40)36(32(18-24)46-6)48-21-27-13-10-12-25-11-8-9-14-28(25)27/h8-20,22,35H,7,21H2,1-6H3/b33-19-/t35-/m0/s1. The molecule has 1 atom stereocenters. The second kappa shape index (κ2) is 15.1. The summed E-state index contributed by atoms with van der Waals surface area (Å²) >= 11 is 3.48. The Morgan fingerprint density at radius 2 is 1.76 bits per heavy atom. The summed E-state index contributed by atoms with van der Waals surface area (Å²) in [6.07, 6.45) is 1.74. The number of esters is 1. The minimum atomic E-state index is -0.797. The first-order chi connectivity index (χ1) is 24.1. The van der Waals surface area contributed by atoms with Crippen molar-refractivity contribution < 1.29 is 28.5 Å². The molecule has 0 amide bonds. The summed E-state index contributed by atoms with van der Waals surface area (Å²) in [5, 5.41) is 2.28. The normalized spacial score (nSPS) is 14.4. The number of carbonyl (C=O) groups is 1. The Morgan fingerprint density at radius 1 is 1.00 bits per heavy atom. The Hall–Kier alpha value is -4.62. The molecule has 0 saturated heterocycles. The number of nitrogens with zero attached hydrogens (tertiary/aromatic N) is 2. The van der Waals surface area contributed by atoms with E-state index in [0.29, 0.717) is 50.2 Å². The summed E-state index contributed by atoms with van der Waals surface area (Å²) in [6, 6.07) is 22.8. The van der Waals surface area contributed by atoms with Crippen molar-refractivity contribution in [3.63, 3.8) is 0 Å². The van der Waals surface area contributed by atoms with E-state index >= 15 is 0 Å². The maximum Gasteiger partial charge on any atom is 0.338 e. The molecule has 0 spiro atoms. The molecular weight excluding hydrogens is 767 g/mol. The number of thiazole rings is 1. The van der Waals surface area contributed by atoms with E-state index in [4.69, 9.17) is 28.7 Å². The fraction of sp³-hybridized carbons (Fsp3) is 0.256. The number of ether oxygens (including phenoxy) is 5. The van der Waals surface area contributed by atoms with Gasteiger partial charge in [0, 0.05) is 0 Å². The van der Waals surface area contributed by atoms with E-state index in [2.05, 4.69) is 46.9 Å². The Kier molecular flexibility index (Phi) is 10.6. The van der Waals surface area contributed by atoms with Crippen LogP contribution in [0, 0.1) is 3.57 Å². The topological polar surface area (TPSA) is 97.6 Å². The average molecular weight is 805 g/mol. The third-order valence-electron chi connectivity index (χ3n) is 8.18. The van der Waals surface area contributed by atoms with Gasteiger partial charge in [-0.15, -0.1) is 0 Å². The van der Waals surface area contributed by atoms with Gasteiger partial charge in [0.05, 0.1) is 52.3 Å². The highest BCUT2D eigenvalue weighted by Gasteiger charge is 2.34. The minimum Gasteiger partial charge on any atom is -0.493 e. The van der Waals surface area contributed by atoms with Crippen LogP contribution in [0.5, 0.6) is 23.0 Å². The fourth-order valence-electron chi connectivity index (χ4n) is 6.00. The summed E-state index contributed by atoms with van der Waals surface area (Å²) < 4.78 is 32.0. The first-order valence-corrected chi connectivity index (χ1v) is 18.0. The van der Waals surface area contributed by atoms with E-state index in [1.807, 2.05) is 56.3 Å². The average Bonchev–Trinajstić information content (AvgIpc) is 3.40. The lowest BCUT2D eigenvalue weighted by atomic mass is 9.95. The van der Waals surface area contributed by atoms with Crippen LogP contribution in [-0.4, -0.2) is 37.5 Å². The monoisotopic (exact) mass is 804 g/mol. The van der Waals surface area contributed by atoms with Crippen molar-refractivity contribution in [2.45, 2.75) is 46.4 Å². The number of methoxy groups -OCH3 is 2. The molecule has 6 rings (SSSR count). The van der Waals surface area contributed by atoms with Crippen molar-refractivity contribution in [3.05, 3.63) is 124 Å². The lowest BCUT2D eigenvalue weighted by molar-refractivity contribution is -0.139. The summed E-state index contributed by atoms with van der Waals surface area (Å²) in [5.41, 5.74) is 2.95. The number of rotatable bonds is 11. The number of benzene rings is 4. The van der Waals surface area contributed by atoms with Gasteiger partial charge in [-0.05, 0) is 108 Å². The third kappa shape index (κ3) is 7.02. The number of halogens is 1. The number of carbonyl (C=O) groups excluding carboxylic acids is 1. The van der Waals surface area contributed by atoms with E-state index in [1.165, 1.54) is 11.3 Å². The van der Waals surface area contributed by atoms with E-state index in [-0.39, 0.29) is 23.8 Å². The molecule has 1 aliphatic heterocycles. The molecule has 0 unspecified atom stereocenters. The van der Waals surface area contributed by atoms with Crippen LogP contribution < -0.4 is 33.8 Å². The number of fused-ring (bicyclic) bond motifs is 2. The van der Waals surface area contributed by atoms with Gasteiger partial charge in [-0.25, -0.2) is 9.79 Å². The number of aromatic nitrogens is 1. The van der Waals surface area contributed by atoms with Crippen molar-refractivity contribution >= 4 is 56.7 Å². The minimum absolute atomic E-state index is 0.0730. The molecule has 11 heteroatoms. The van der Waals surface area contributed by atoms with Gasteiger partial charge >= 0.3 is 5.97 Å². The largest absolute Gasteiger partial charge is 0.493 e. The number of allylic oxidation sites excluding steroid dienone is 1. The molecule has 0 aliphatic carbocycles. The third-order valence-corrected chi connectivity index (χ3v) is 9.97. The van der Waals surface area contributed by atoms with Gasteiger partial charge in [-0.1, -0.05) is 59.9 Å². The molecule has 1 aromatic heterocycles. The maximum absolute atomic E-state index is 14.3. The second-order valence-electron chi connectivity index (χ2n) is 11.8. The van der Waals surface area contributed by atoms with E-state index in [1.54, 1.807) is 44.8 Å². The van der Waals surface area contributed by atoms with Crippen LogP contribution in [0.15, 0.2) is 93.9 Å². The van der Waals surface area contributed by atoms with Gasteiger partial charge in [0.2, 0.25) is 0 Å². The Morgan fingerprint density at radius 3 is 2.50 bits per heavy atom. The molecular formula is C39H37IN2O7S. The Balaban J connectivity index is 1.41. The summed E-state index contributed by atoms with van der Waals surface area (Å²) in [6.45, 7) is 7.91. The van der Waals surface area contributed by atoms with Crippen LogP contribution in [-0.2, 0) is 16.1 Å². The van der Waals surface area contributed by atoms with Crippen molar-refractivity contribution in [1.82, 2.24) is 4.57 Å². The molecule has 0 radical (unpaired) electrons. The molecule has 5 aromatic rings.